The zero-order valence-electron chi connectivity index (χ0n) is 12.3. The third-order valence-electron chi connectivity index (χ3n) is 4.39. The fourth-order valence-corrected chi connectivity index (χ4v) is 4.47. The second kappa shape index (κ2) is 7.48. The number of benzene rings is 1. The van der Waals surface area contributed by atoms with E-state index in [1.807, 2.05) is 0 Å². The summed E-state index contributed by atoms with van der Waals surface area (Å²) in [5.74, 6) is 2.68. The summed E-state index contributed by atoms with van der Waals surface area (Å²) in [6.45, 7) is 3.58. The first kappa shape index (κ1) is 14.4. The van der Waals surface area contributed by atoms with Gasteiger partial charge in [-0.1, -0.05) is 30.3 Å². The molecule has 3 rings (SSSR count). The second-order valence-corrected chi connectivity index (χ2v) is 7.29. The lowest BCUT2D eigenvalue weighted by Crippen LogP contribution is -2.50. The molecule has 1 aromatic rings. The number of hydrogen-bond acceptors (Lipinski definition) is 3. The van der Waals surface area contributed by atoms with E-state index in [1.54, 1.807) is 0 Å². The van der Waals surface area contributed by atoms with Crippen LogP contribution < -0.4 is 5.32 Å². The molecular formula is C17H26N2S. The van der Waals surface area contributed by atoms with Gasteiger partial charge in [0.1, 0.15) is 0 Å². The molecule has 0 bridgehead atoms. The molecular weight excluding hydrogens is 264 g/mol. The molecule has 20 heavy (non-hydrogen) atoms. The summed E-state index contributed by atoms with van der Waals surface area (Å²) < 4.78 is 0. The topological polar surface area (TPSA) is 15.3 Å². The van der Waals surface area contributed by atoms with Crippen molar-refractivity contribution >= 4 is 11.8 Å². The van der Waals surface area contributed by atoms with E-state index < -0.39 is 0 Å². The van der Waals surface area contributed by atoms with Gasteiger partial charge >= 0.3 is 0 Å². The van der Waals surface area contributed by atoms with E-state index in [-0.39, 0.29) is 0 Å². The van der Waals surface area contributed by atoms with Crippen LogP contribution in [0.4, 0.5) is 0 Å². The Morgan fingerprint density at radius 2 is 1.95 bits per heavy atom. The summed E-state index contributed by atoms with van der Waals surface area (Å²) in [5, 5.41) is 3.91. The highest BCUT2D eigenvalue weighted by Crippen LogP contribution is 2.20. The van der Waals surface area contributed by atoms with E-state index >= 15 is 0 Å². The molecule has 3 heteroatoms. The van der Waals surface area contributed by atoms with Gasteiger partial charge in [-0.3, -0.25) is 4.90 Å². The van der Waals surface area contributed by atoms with Crippen molar-refractivity contribution in [1.82, 2.24) is 10.2 Å². The normalized spacial score (nSPS) is 28.4. The molecule has 2 heterocycles. The Kier molecular flexibility index (Phi) is 5.40. The van der Waals surface area contributed by atoms with Crippen LogP contribution in [0.15, 0.2) is 30.3 Å². The predicted octanol–water partition coefficient (Wildman–Crippen LogP) is 3.14. The Labute approximate surface area is 127 Å². The average Bonchev–Trinajstić information content (AvgIpc) is 2.50. The maximum absolute atomic E-state index is 3.91. The molecule has 2 unspecified atom stereocenters. The predicted molar refractivity (Wildman–Crippen MR) is 88.2 cm³/mol. The van der Waals surface area contributed by atoms with Crippen LogP contribution in [-0.4, -0.2) is 41.6 Å². The number of piperidine rings is 1. The molecule has 2 saturated heterocycles. The van der Waals surface area contributed by atoms with E-state index in [0.29, 0.717) is 6.04 Å². The third kappa shape index (κ3) is 4.24. The maximum atomic E-state index is 3.91. The fourth-order valence-electron chi connectivity index (χ4n) is 3.38. The van der Waals surface area contributed by atoms with E-state index in [1.165, 1.54) is 55.8 Å². The molecule has 0 saturated carbocycles. The number of nitrogens with one attached hydrogen (secondary N) is 1. The van der Waals surface area contributed by atoms with Crippen LogP contribution >= 0.6 is 11.8 Å². The lowest BCUT2D eigenvalue weighted by atomic mass is 10.0. The number of hydrogen-bond donors (Lipinski definition) is 1. The number of thioether (sulfide) groups is 1. The van der Waals surface area contributed by atoms with Crippen molar-refractivity contribution < 1.29 is 0 Å². The van der Waals surface area contributed by atoms with Crippen molar-refractivity contribution in [3.8, 4) is 0 Å². The Morgan fingerprint density at radius 3 is 2.75 bits per heavy atom. The minimum atomic E-state index is 0.705. The van der Waals surface area contributed by atoms with Gasteiger partial charge in [0.05, 0.1) is 0 Å². The molecule has 0 radical (unpaired) electrons. The van der Waals surface area contributed by atoms with E-state index in [9.17, 15) is 0 Å². The van der Waals surface area contributed by atoms with Crippen LogP contribution in [0.2, 0.25) is 0 Å². The van der Waals surface area contributed by atoms with Crippen LogP contribution in [0.5, 0.6) is 0 Å². The van der Waals surface area contributed by atoms with Gasteiger partial charge < -0.3 is 5.32 Å². The largest absolute Gasteiger partial charge is 0.309 e. The molecule has 0 amide bonds. The molecule has 2 atom stereocenters. The van der Waals surface area contributed by atoms with E-state index in [0.717, 1.165) is 12.6 Å². The highest BCUT2D eigenvalue weighted by molar-refractivity contribution is 7.99. The van der Waals surface area contributed by atoms with Crippen molar-refractivity contribution in [3.63, 3.8) is 0 Å². The van der Waals surface area contributed by atoms with Crippen molar-refractivity contribution in [2.75, 3.05) is 24.6 Å². The third-order valence-corrected chi connectivity index (χ3v) is 5.60. The summed E-state index contributed by atoms with van der Waals surface area (Å²) in [7, 11) is 0. The quantitative estimate of drug-likeness (QED) is 0.917. The molecule has 2 aliphatic rings. The van der Waals surface area contributed by atoms with Gasteiger partial charge in [0.2, 0.25) is 0 Å². The Bertz CT molecular complexity index is 389. The van der Waals surface area contributed by atoms with Crippen LogP contribution in [0.3, 0.4) is 0 Å². The minimum Gasteiger partial charge on any atom is -0.309 e. The van der Waals surface area contributed by atoms with E-state index in [2.05, 4.69) is 52.3 Å². The van der Waals surface area contributed by atoms with Crippen LogP contribution in [0.25, 0.3) is 0 Å². The first-order valence-corrected chi connectivity index (χ1v) is 9.16. The smallest absolute Gasteiger partial charge is 0.0234 e. The molecule has 0 aromatic heterocycles. The number of rotatable bonds is 4. The number of likely N-dealkylation sites (tertiary alicyclic amines) is 1. The van der Waals surface area contributed by atoms with Crippen LogP contribution in [0, 0.1) is 0 Å². The maximum Gasteiger partial charge on any atom is 0.0234 e. The first-order valence-electron chi connectivity index (χ1n) is 8.00. The van der Waals surface area contributed by atoms with Gasteiger partial charge in [-0.25, -0.2) is 0 Å². The fraction of sp³-hybridized carbons (Fsp3) is 0.647. The lowest BCUT2D eigenvalue weighted by molar-refractivity contribution is 0.176. The Morgan fingerprint density at radius 1 is 1.10 bits per heavy atom. The highest BCUT2D eigenvalue weighted by atomic mass is 32.2. The van der Waals surface area contributed by atoms with Gasteiger partial charge in [-0.15, -0.1) is 0 Å². The molecule has 2 fully saturated rings. The van der Waals surface area contributed by atoms with Gasteiger partial charge in [-0.05, 0) is 43.5 Å². The van der Waals surface area contributed by atoms with E-state index in [4.69, 9.17) is 0 Å². The SMILES string of the molecule is c1ccc(CN2CCCC(NC3CCCSC3)C2)cc1. The van der Waals surface area contributed by atoms with Crippen LogP contribution in [-0.2, 0) is 6.54 Å². The summed E-state index contributed by atoms with van der Waals surface area (Å²) in [5.41, 5.74) is 1.45. The molecule has 1 aromatic carbocycles. The van der Waals surface area contributed by atoms with Gasteiger partial charge in [-0.2, -0.15) is 11.8 Å². The standard InChI is InChI=1S/C17H26N2S/c1-2-6-15(7-3-1)12-19-10-4-8-16(13-19)18-17-9-5-11-20-14-17/h1-3,6-7,16-18H,4-5,8-14H2. The molecule has 0 aliphatic carbocycles. The molecule has 0 spiro atoms. The molecule has 2 nitrogen and oxygen atoms in total. The number of nitrogens with zero attached hydrogens (tertiary/aromatic N) is 1. The van der Waals surface area contributed by atoms with Gasteiger partial charge in [0.15, 0.2) is 0 Å². The lowest BCUT2D eigenvalue weighted by Gasteiger charge is -2.36. The summed E-state index contributed by atoms with van der Waals surface area (Å²) in [4.78, 5) is 2.62. The molecule has 2 aliphatic heterocycles. The zero-order chi connectivity index (χ0) is 13.6. The molecule has 1 N–H and O–H groups in total. The van der Waals surface area contributed by atoms with Crippen molar-refractivity contribution in [3.05, 3.63) is 35.9 Å². The highest BCUT2D eigenvalue weighted by Gasteiger charge is 2.23. The van der Waals surface area contributed by atoms with Crippen molar-refractivity contribution in [2.45, 2.75) is 44.3 Å². The summed E-state index contributed by atoms with van der Waals surface area (Å²) in [6.07, 6.45) is 5.46. The van der Waals surface area contributed by atoms with Crippen molar-refractivity contribution in [1.29, 1.82) is 0 Å². The van der Waals surface area contributed by atoms with Crippen LogP contribution in [0.1, 0.15) is 31.2 Å². The zero-order valence-corrected chi connectivity index (χ0v) is 13.1. The van der Waals surface area contributed by atoms with Gasteiger partial charge in [0, 0.05) is 30.9 Å². The van der Waals surface area contributed by atoms with Crippen molar-refractivity contribution in [2.24, 2.45) is 0 Å². The van der Waals surface area contributed by atoms with Gasteiger partial charge in [0.25, 0.3) is 0 Å². The minimum absolute atomic E-state index is 0.705. The summed E-state index contributed by atoms with van der Waals surface area (Å²) in [6, 6.07) is 12.4. The Balaban J connectivity index is 1.48. The molecule has 110 valence electrons. The summed E-state index contributed by atoms with van der Waals surface area (Å²) >= 11 is 2.12. The average molecular weight is 290 g/mol. The second-order valence-electron chi connectivity index (χ2n) is 6.14. The monoisotopic (exact) mass is 290 g/mol. The first-order chi connectivity index (χ1) is 9.90. The Hall–Kier alpha value is -0.510.